The van der Waals surface area contributed by atoms with Crippen molar-refractivity contribution in [2.75, 3.05) is 19.6 Å². The van der Waals surface area contributed by atoms with Gasteiger partial charge in [-0.3, -0.25) is 4.79 Å². The maximum atomic E-state index is 12.5. The van der Waals surface area contributed by atoms with Crippen molar-refractivity contribution in [3.05, 3.63) is 71.8 Å². The molecule has 0 unspecified atom stereocenters. The van der Waals surface area contributed by atoms with Crippen LogP contribution in [0.5, 0.6) is 0 Å². The van der Waals surface area contributed by atoms with Crippen LogP contribution in [0, 0.1) is 5.92 Å². The van der Waals surface area contributed by atoms with Crippen LogP contribution in [0.15, 0.2) is 60.7 Å². The van der Waals surface area contributed by atoms with Crippen molar-refractivity contribution in [2.45, 2.75) is 38.6 Å². The summed E-state index contributed by atoms with van der Waals surface area (Å²) in [6.07, 6.45) is 3.96. The molecule has 0 saturated carbocycles. The zero-order chi connectivity index (χ0) is 18.2. The van der Waals surface area contributed by atoms with Crippen molar-refractivity contribution in [3.63, 3.8) is 0 Å². The predicted octanol–water partition coefficient (Wildman–Crippen LogP) is 4.21. The summed E-state index contributed by atoms with van der Waals surface area (Å²) in [5.41, 5.74) is 2.68. The molecule has 0 spiro atoms. The van der Waals surface area contributed by atoms with E-state index in [0.29, 0.717) is 12.3 Å². The van der Waals surface area contributed by atoms with Gasteiger partial charge in [0.15, 0.2) is 0 Å². The largest absolute Gasteiger partial charge is 0.343 e. The number of hydrogen-bond donors (Lipinski definition) is 1. The molecule has 1 aliphatic rings. The molecule has 2 aromatic carbocycles. The van der Waals surface area contributed by atoms with E-state index in [1.165, 1.54) is 11.1 Å². The summed E-state index contributed by atoms with van der Waals surface area (Å²) in [6, 6.07) is 21.4. The number of rotatable bonds is 7. The van der Waals surface area contributed by atoms with Gasteiger partial charge in [0.25, 0.3) is 0 Å². The highest BCUT2D eigenvalue weighted by molar-refractivity contribution is 5.76. The van der Waals surface area contributed by atoms with Crippen LogP contribution in [0.4, 0.5) is 0 Å². The minimum Gasteiger partial charge on any atom is -0.343 e. The van der Waals surface area contributed by atoms with Gasteiger partial charge in [0, 0.05) is 32.1 Å². The molecule has 2 aromatic rings. The van der Waals surface area contributed by atoms with Crippen molar-refractivity contribution in [2.24, 2.45) is 5.92 Å². The van der Waals surface area contributed by atoms with E-state index in [4.69, 9.17) is 0 Å². The van der Waals surface area contributed by atoms with Crippen LogP contribution in [0.1, 0.15) is 43.4 Å². The van der Waals surface area contributed by atoms with Crippen LogP contribution in [-0.4, -0.2) is 30.4 Å². The van der Waals surface area contributed by atoms with Crippen molar-refractivity contribution in [1.82, 2.24) is 10.2 Å². The number of amides is 1. The van der Waals surface area contributed by atoms with Gasteiger partial charge in [0.05, 0.1) is 0 Å². The normalized spacial score (nSPS) is 16.4. The average molecular weight is 351 g/mol. The van der Waals surface area contributed by atoms with Gasteiger partial charge in [-0.05, 0) is 43.2 Å². The van der Waals surface area contributed by atoms with Crippen molar-refractivity contribution < 1.29 is 4.79 Å². The Hall–Kier alpha value is -2.13. The topological polar surface area (TPSA) is 32.3 Å². The van der Waals surface area contributed by atoms with Crippen LogP contribution in [0.3, 0.4) is 0 Å². The highest BCUT2D eigenvalue weighted by atomic mass is 16.2. The van der Waals surface area contributed by atoms with E-state index < -0.39 is 0 Å². The van der Waals surface area contributed by atoms with Crippen molar-refractivity contribution in [3.8, 4) is 0 Å². The summed E-state index contributed by atoms with van der Waals surface area (Å²) in [4.78, 5) is 14.5. The molecule has 138 valence electrons. The Bertz CT molecular complexity index is 663. The van der Waals surface area contributed by atoms with Gasteiger partial charge in [-0.2, -0.15) is 0 Å². The molecule has 3 heteroatoms. The van der Waals surface area contributed by atoms with Gasteiger partial charge in [0.1, 0.15) is 0 Å². The Balaban J connectivity index is 1.36. The highest BCUT2D eigenvalue weighted by Crippen LogP contribution is 2.22. The fourth-order valence-electron chi connectivity index (χ4n) is 3.75. The quantitative estimate of drug-likeness (QED) is 0.811. The van der Waals surface area contributed by atoms with Gasteiger partial charge >= 0.3 is 0 Å². The first-order valence-corrected chi connectivity index (χ1v) is 9.82. The third kappa shape index (κ3) is 5.43. The molecule has 1 N–H and O–H groups in total. The molecule has 3 rings (SSSR count). The second-order valence-corrected chi connectivity index (χ2v) is 7.35. The third-order valence-electron chi connectivity index (χ3n) is 5.42. The third-order valence-corrected chi connectivity index (χ3v) is 5.42. The monoisotopic (exact) mass is 350 g/mol. The smallest absolute Gasteiger partial charge is 0.223 e. The van der Waals surface area contributed by atoms with Crippen LogP contribution in [0.25, 0.3) is 0 Å². The number of carbonyl (C=O) groups is 1. The van der Waals surface area contributed by atoms with E-state index in [-0.39, 0.29) is 11.9 Å². The summed E-state index contributed by atoms with van der Waals surface area (Å²) < 4.78 is 0. The number of carbonyl (C=O) groups excluding carboxylic acids is 1. The average Bonchev–Trinajstić information content (AvgIpc) is 2.70. The van der Waals surface area contributed by atoms with Gasteiger partial charge < -0.3 is 10.2 Å². The van der Waals surface area contributed by atoms with Crippen LogP contribution >= 0.6 is 0 Å². The molecule has 1 atom stereocenters. The molecule has 0 radical (unpaired) electrons. The lowest BCUT2D eigenvalue weighted by Gasteiger charge is -2.32. The maximum Gasteiger partial charge on any atom is 0.223 e. The fraction of sp³-hybridized carbons (Fsp3) is 0.435. The first-order valence-electron chi connectivity index (χ1n) is 9.82. The van der Waals surface area contributed by atoms with Gasteiger partial charge in [0.2, 0.25) is 5.91 Å². The predicted molar refractivity (Wildman–Crippen MR) is 107 cm³/mol. The zero-order valence-corrected chi connectivity index (χ0v) is 15.7. The molecule has 1 amide bonds. The standard InChI is InChI=1S/C23H30N2O/c1-19(22-10-6-3-7-11-22)24-15-12-23(26)25-16-13-21(14-17-25)18-20-8-4-2-5-9-20/h2-11,19,21,24H,12-18H2,1H3/t19-/m1/s1. The van der Waals surface area contributed by atoms with Crippen LogP contribution in [-0.2, 0) is 11.2 Å². The van der Waals surface area contributed by atoms with Crippen molar-refractivity contribution in [1.29, 1.82) is 0 Å². The lowest BCUT2D eigenvalue weighted by atomic mass is 9.90. The van der Waals surface area contributed by atoms with Crippen LogP contribution in [0.2, 0.25) is 0 Å². The molecule has 0 bridgehead atoms. The number of hydrogen-bond acceptors (Lipinski definition) is 2. The second kappa shape index (κ2) is 9.54. The molecule has 3 nitrogen and oxygen atoms in total. The molecule has 1 heterocycles. The molecule has 1 saturated heterocycles. The molecule has 0 aliphatic carbocycles. The summed E-state index contributed by atoms with van der Waals surface area (Å²) >= 11 is 0. The Kier molecular flexibility index (Phi) is 6.84. The Morgan fingerprint density at radius 1 is 1.04 bits per heavy atom. The summed E-state index contributed by atoms with van der Waals surface area (Å²) in [6.45, 7) is 4.70. The van der Waals surface area contributed by atoms with E-state index in [9.17, 15) is 4.79 Å². The highest BCUT2D eigenvalue weighted by Gasteiger charge is 2.22. The molecular weight excluding hydrogens is 320 g/mol. The minimum absolute atomic E-state index is 0.278. The maximum absolute atomic E-state index is 12.5. The number of piperidine rings is 1. The molecule has 1 fully saturated rings. The Labute approximate surface area is 157 Å². The molecular formula is C23H30N2O. The van der Waals surface area contributed by atoms with Gasteiger partial charge in [-0.25, -0.2) is 0 Å². The first-order chi connectivity index (χ1) is 12.7. The minimum atomic E-state index is 0.278. The van der Waals surface area contributed by atoms with Gasteiger partial charge in [-0.1, -0.05) is 60.7 Å². The Morgan fingerprint density at radius 2 is 1.65 bits per heavy atom. The molecule has 0 aromatic heterocycles. The van der Waals surface area contributed by atoms with E-state index >= 15 is 0 Å². The zero-order valence-electron chi connectivity index (χ0n) is 15.7. The first kappa shape index (κ1) is 18.7. The van der Waals surface area contributed by atoms with Crippen molar-refractivity contribution >= 4 is 5.91 Å². The fourth-order valence-corrected chi connectivity index (χ4v) is 3.75. The van der Waals surface area contributed by atoms with E-state index in [1.807, 2.05) is 6.07 Å². The summed E-state index contributed by atoms with van der Waals surface area (Å²) in [5, 5.41) is 3.46. The number of nitrogens with one attached hydrogen (secondary N) is 1. The van der Waals surface area contributed by atoms with Crippen LogP contribution < -0.4 is 5.32 Å². The summed E-state index contributed by atoms with van der Waals surface area (Å²) in [5.74, 6) is 0.994. The Morgan fingerprint density at radius 3 is 2.31 bits per heavy atom. The number of benzene rings is 2. The lowest BCUT2D eigenvalue weighted by molar-refractivity contribution is -0.132. The SMILES string of the molecule is C[C@@H](NCCC(=O)N1CCC(Cc2ccccc2)CC1)c1ccccc1. The number of nitrogens with zero attached hydrogens (tertiary/aromatic N) is 1. The summed E-state index contributed by atoms with van der Waals surface area (Å²) in [7, 11) is 0. The molecule has 26 heavy (non-hydrogen) atoms. The van der Waals surface area contributed by atoms with Gasteiger partial charge in [-0.15, -0.1) is 0 Å². The molecule has 1 aliphatic heterocycles. The lowest BCUT2D eigenvalue weighted by Crippen LogP contribution is -2.40. The number of likely N-dealkylation sites (tertiary alicyclic amines) is 1. The van der Waals surface area contributed by atoms with E-state index in [1.54, 1.807) is 0 Å². The second-order valence-electron chi connectivity index (χ2n) is 7.35. The van der Waals surface area contributed by atoms with E-state index in [0.717, 1.165) is 38.9 Å². The van der Waals surface area contributed by atoms with E-state index in [2.05, 4.69) is 71.7 Å².